The van der Waals surface area contributed by atoms with Gasteiger partial charge in [0.1, 0.15) is 12.2 Å². The van der Waals surface area contributed by atoms with Gasteiger partial charge in [-0.2, -0.15) is 5.26 Å². The van der Waals surface area contributed by atoms with E-state index in [4.69, 9.17) is 21.6 Å². The van der Waals surface area contributed by atoms with Crippen LogP contribution in [-0.2, 0) is 4.79 Å². The summed E-state index contributed by atoms with van der Waals surface area (Å²) in [6.07, 6.45) is -0.126. The summed E-state index contributed by atoms with van der Waals surface area (Å²) in [5, 5.41) is 9.05. The molecular weight excluding hydrogens is 306 g/mol. The van der Waals surface area contributed by atoms with Crippen LogP contribution < -0.4 is 4.74 Å². The third kappa shape index (κ3) is 3.49. The summed E-state index contributed by atoms with van der Waals surface area (Å²) in [5.41, 5.74) is 0.448. The molecule has 0 aliphatic carbocycles. The Morgan fingerprint density at radius 1 is 1.27 bits per heavy atom. The molecule has 22 heavy (non-hydrogen) atoms. The van der Waals surface area contributed by atoms with Gasteiger partial charge in [-0.05, 0) is 18.2 Å². The smallest absolute Gasteiger partial charge is 0.257 e. The molecule has 7 heteroatoms. The fraction of sp³-hybridized carbons (Fsp3) is 0.400. The first-order valence-electron chi connectivity index (χ1n) is 6.84. The van der Waals surface area contributed by atoms with E-state index in [0.717, 1.165) is 0 Å². The minimum Gasteiger partial charge on any atom is -0.496 e. The standard InChI is InChI=1S/C15H16ClN3O3/c1-22-13-10-11(16)2-3-12(13)15(21)19-8-6-18(7-9-19)14(20)4-5-17/h2-3,10H,4,6-9H2,1H3. The third-order valence-corrected chi connectivity index (χ3v) is 3.78. The number of nitriles is 1. The van der Waals surface area contributed by atoms with Crippen LogP contribution in [0.15, 0.2) is 18.2 Å². The molecule has 1 aromatic rings. The summed E-state index contributed by atoms with van der Waals surface area (Å²) in [6, 6.07) is 6.72. The van der Waals surface area contributed by atoms with Crippen molar-refractivity contribution in [1.29, 1.82) is 5.26 Å². The first-order chi connectivity index (χ1) is 10.6. The Hall–Kier alpha value is -2.26. The SMILES string of the molecule is COc1cc(Cl)ccc1C(=O)N1CCN(C(=O)CC#N)CC1. The number of carbonyl (C=O) groups excluding carboxylic acids is 2. The fourth-order valence-electron chi connectivity index (χ4n) is 2.35. The number of amides is 2. The predicted molar refractivity (Wildman–Crippen MR) is 80.7 cm³/mol. The zero-order valence-electron chi connectivity index (χ0n) is 12.2. The molecule has 0 bridgehead atoms. The number of nitrogens with zero attached hydrogens (tertiary/aromatic N) is 3. The summed E-state index contributed by atoms with van der Waals surface area (Å²) < 4.78 is 5.20. The van der Waals surface area contributed by atoms with Crippen molar-refractivity contribution in [2.75, 3.05) is 33.3 Å². The van der Waals surface area contributed by atoms with E-state index in [0.29, 0.717) is 42.5 Å². The molecule has 1 fully saturated rings. The summed E-state index contributed by atoms with van der Waals surface area (Å²) in [4.78, 5) is 27.5. The second-order valence-corrected chi connectivity index (χ2v) is 5.29. The van der Waals surface area contributed by atoms with Gasteiger partial charge in [0.05, 0.1) is 18.7 Å². The summed E-state index contributed by atoms with van der Waals surface area (Å²) >= 11 is 5.89. The monoisotopic (exact) mass is 321 g/mol. The number of halogens is 1. The van der Waals surface area contributed by atoms with Crippen molar-refractivity contribution in [3.8, 4) is 11.8 Å². The number of rotatable bonds is 3. The number of piperazine rings is 1. The quantitative estimate of drug-likeness (QED) is 0.846. The molecule has 0 unspecified atom stereocenters. The summed E-state index contributed by atoms with van der Waals surface area (Å²) in [5.74, 6) is 0.0834. The van der Waals surface area contributed by atoms with Gasteiger partial charge in [0.2, 0.25) is 5.91 Å². The molecule has 1 heterocycles. The van der Waals surface area contributed by atoms with E-state index in [-0.39, 0.29) is 18.2 Å². The highest BCUT2D eigenvalue weighted by Gasteiger charge is 2.26. The zero-order chi connectivity index (χ0) is 16.1. The number of hydrogen-bond donors (Lipinski definition) is 0. The summed E-state index contributed by atoms with van der Waals surface area (Å²) in [6.45, 7) is 1.73. The van der Waals surface area contributed by atoms with Gasteiger partial charge in [-0.1, -0.05) is 11.6 Å². The van der Waals surface area contributed by atoms with Gasteiger partial charge < -0.3 is 14.5 Å². The molecule has 2 rings (SSSR count). The Labute approximate surface area is 133 Å². The van der Waals surface area contributed by atoms with Gasteiger partial charge in [-0.25, -0.2) is 0 Å². The molecule has 1 aliphatic heterocycles. The Kier molecular flexibility index (Phi) is 5.23. The number of hydrogen-bond acceptors (Lipinski definition) is 4. The van der Waals surface area contributed by atoms with E-state index in [1.165, 1.54) is 7.11 Å². The van der Waals surface area contributed by atoms with Crippen LogP contribution in [-0.4, -0.2) is 54.9 Å². The maximum absolute atomic E-state index is 12.5. The van der Waals surface area contributed by atoms with Gasteiger partial charge in [0.15, 0.2) is 0 Å². The Morgan fingerprint density at radius 3 is 2.50 bits per heavy atom. The topological polar surface area (TPSA) is 73.6 Å². The van der Waals surface area contributed by atoms with E-state index >= 15 is 0 Å². The Bertz CT molecular complexity index is 619. The van der Waals surface area contributed by atoms with Crippen LogP contribution in [0, 0.1) is 11.3 Å². The molecule has 1 aromatic carbocycles. The van der Waals surface area contributed by atoms with Crippen molar-refractivity contribution in [2.24, 2.45) is 0 Å². The minimum absolute atomic E-state index is 0.126. The van der Waals surface area contributed by atoms with Crippen molar-refractivity contribution < 1.29 is 14.3 Å². The second kappa shape index (κ2) is 7.14. The highest BCUT2D eigenvalue weighted by molar-refractivity contribution is 6.30. The molecular formula is C15H16ClN3O3. The number of ether oxygens (including phenoxy) is 1. The van der Waals surface area contributed by atoms with Crippen LogP contribution in [0.3, 0.4) is 0 Å². The predicted octanol–water partition coefficient (Wildman–Crippen LogP) is 1.55. The highest BCUT2D eigenvalue weighted by Crippen LogP contribution is 2.24. The molecule has 0 saturated carbocycles. The molecule has 1 aliphatic rings. The van der Waals surface area contributed by atoms with E-state index in [2.05, 4.69) is 0 Å². The van der Waals surface area contributed by atoms with Crippen molar-refractivity contribution in [3.63, 3.8) is 0 Å². The number of carbonyl (C=O) groups is 2. The first kappa shape index (κ1) is 16.1. The third-order valence-electron chi connectivity index (χ3n) is 3.54. The molecule has 0 N–H and O–H groups in total. The van der Waals surface area contributed by atoms with Crippen LogP contribution >= 0.6 is 11.6 Å². The maximum atomic E-state index is 12.5. The lowest BCUT2D eigenvalue weighted by molar-refractivity contribution is -0.131. The highest BCUT2D eigenvalue weighted by atomic mass is 35.5. The van der Waals surface area contributed by atoms with Crippen LogP contribution in [0.2, 0.25) is 5.02 Å². The van der Waals surface area contributed by atoms with Crippen molar-refractivity contribution in [2.45, 2.75) is 6.42 Å². The van der Waals surface area contributed by atoms with Crippen LogP contribution in [0.25, 0.3) is 0 Å². The van der Waals surface area contributed by atoms with Crippen LogP contribution in [0.4, 0.5) is 0 Å². The van der Waals surface area contributed by atoms with E-state index in [1.54, 1.807) is 28.0 Å². The fourth-order valence-corrected chi connectivity index (χ4v) is 2.51. The van der Waals surface area contributed by atoms with Crippen molar-refractivity contribution in [1.82, 2.24) is 9.80 Å². The molecule has 6 nitrogen and oxygen atoms in total. The van der Waals surface area contributed by atoms with Gasteiger partial charge in [-0.15, -0.1) is 0 Å². The van der Waals surface area contributed by atoms with Gasteiger partial charge in [0, 0.05) is 31.2 Å². The van der Waals surface area contributed by atoms with Gasteiger partial charge in [-0.3, -0.25) is 9.59 Å². The number of benzene rings is 1. The molecule has 116 valence electrons. The maximum Gasteiger partial charge on any atom is 0.257 e. The lowest BCUT2D eigenvalue weighted by Gasteiger charge is -2.34. The molecule has 0 spiro atoms. The van der Waals surface area contributed by atoms with Gasteiger partial charge >= 0.3 is 0 Å². The normalized spacial score (nSPS) is 14.4. The van der Waals surface area contributed by atoms with Crippen LogP contribution in [0.5, 0.6) is 5.75 Å². The van der Waals surface area contributed by atoms with E-state index in [9.17, 15) is 9.59 Å². The molecule has 2 amide bonds. The lowest BCUT2D eigenvalue weighted by Crippen LogP contribution is -2.50. The summed E-state index contributed by atoms with van der Waals surface area (Å²) in [7, 11) is 1.49. The van der Waals surface area contributed by atoms with Crippen molar-refractivity contribution >= 4 is 23.4 Å². The molecule has 1 saturated heterocycles. The second-order valence-electron chi connectivity index (χ2n) is 4.85. The van der Waals surface area contributed by atoms with Crippen LogP contribution in [0.1, 0.15) is 16.8 Å². The average Bonchev–Trinajstić information content (AvgIpc) is 2.54. The van der Waals surface area contributed by atoms with E-state index < -0.39 is 0 Å². The van der Waals surface area contributed by atoms with E-state index in [1.807, 2.05) is 6.07 Å². The van der Waals surface area contributed by atoms with Crippen molar-refractivity contribution in [3.05, 3.63) is 28.8 Å². The lowest BCUT2D eigenvalue weighted by atomic mass is 10.1. The number of methoxy groups -OCH3 is 1. The Morgan fingerprint density at radius 2 is 1.91 bits per heavy atom. The molecule has 0 aromatic heterocycles. The average molecular weight is 322 g/mol. The largest absolute Gasteiger partial charge is 0.496 e. The van der Waals surface area contributed by atoms with Gasteiger partial charge in [0.25, 0.3) is 5.91 Å². The Balaban J connectivity index is 2.04. The molecule has 0 atom stereocenters. The first-order valence-corrected chi connectivity index (χ1v) is 7.22. The molecule has 0 radical (unpaired) electrons. The minimum atomic E-state index is -0.196. The zero-order valence-corrected chi connectivity index (χ0v) is 13.0.